The Hall–Kier alpha value is -1.35. The number of hydrogen-bond acceptors (Lipinski definition) is 2. The van der Waals surface area contributed by atoms with Crippen molar-refractivity contribution >= 4 is 5.91 Å². The first-order chi connectivity index (χ1) is 9.66. The molecule has 0 aromatic heterocycles. The zero-order chi connectivity index (χ0) is 14.2. The van der Waals surface area contributed by atoms with Gasteiger partial charge in [0.1, 0.15) is 0 Å². The van der Waals surface area contributed by atoms with Crippen LogP contribution >= 0.6 is 0 Å². The minimum absolute atomic E-state index is 0.137. The molecule has 1 aromatic rings. The highest BCUT2D eigenvalue weighted by Crippen LogP contribution is 2.42. The van der Waals surface area contributed by atoms with Gasteiger partial charge in [-0.15, -0.1) is 0 Å². The van der Waals surface area contributed by atoms with Crippen molar-refractivity contribution in [1.29, 1.82) is 0 Å². The average Bonchev–Trinajstić information content (AvgIpc) is 3.05. The number of rotatable bonds is 3. The number of fused-ring (bicyclic) bond motifs is 1. The number of nitrogens with one attached hydrogen (secondary N) is 1. The average molecular weight is 273 g/mol. The van der Waals surface area contributed by atoms with Crippen LogP contribution in [0.3, 0.4) is 0 Å². The van der Waals surface area contributed by atoms with E-state index in [0.29, 0.717) is 6.42 Å². The van der Waals surface area contributed by atoms with Crippen LogP contribution in [0.2, 0.25) is 0 Å². The maximum absolute atomic E-state index is 12.7. The van der Waals surface area contributed by atoms with E-state index in [4.69, 9.17) is 0 Å². The Balaban J connectivity index is 1.79. The molecule has 108 valence electrons. The third-order valence-electron chi connectivity index (χ3n) is 5.21. The molecule has 20 heavy (non-hydrogen) atoms. The molecule has 1 fully saturated rings. The highest BCUT2D eigenvalue weighted by atomic mass is 16.3. The Labute approximate surface area is 120 Å². The fraction of sp³-hybridized carbons (Fsp3) is 0.588. The molecule has 3 nitrogen and oxygen atoms in total. The largest absolute Gasteiger partial charge is 0.390 e. The van der Waals surface area contributed by atoms with Crippen molar-refractivity contribution in [2.45, 2.75) is 57.6 Å². The first-order valence-corrected chi connectivity index (χ1v) is 7.73. The molecule has 3 rings (SSSR count). The second-order valence-corrected chi connectivity index (χ2v) is 6.26. The summed E-state index contributed by atoms with van der Waals surface area (Å²) < 4.78 is 0. The molecule has 0 aliphatic heterocycles. The molecule has 0 saturated heterocycles. The van der Waals surface area contributed by atoms with E-state index in [1.165, 1.54) is 0 Å². The van der Waals surface area contributed by atoms with Crippen LogP contribution in [0.1, 0.15) is 56.2 Å². The fourth-order valence-electron chi connectivity index (χ4n) is 3.84. The third-order valence-corrected chi connectivity index (χ3v) is 5.21. The molecule has 2 atom stereocenters. The number of carbonyl (C=O) groups is 1. The Bertz CT molecular complexity index is 505. The van der Waals surface area contributed by atoms with Crippen LogP contribution in [-0.2, 0) is 11.2 Å². The van der Waals surface area contributed by atoms with Gasteiger partial charge < -0.3 is 10.4 Å². The number of benzene rings is 1. The van der Waals surface area contributed by atoms with Gasteiger partial charge in [0, 0.05) is 11.8 Å². The van der Waals surface area contributed by atoms with Crippen molar-refractivity contribution in [3.8, 4) is 0 Å². The van der Waals surface area contributed by atoms with Gasteiger partial charge in [0.15, 0.2) is 0 Å². The summed E-state index contributed by atoms with van der Waals surface area (Å²) in [6.45, 7) is 2.10. The fourth-order valence-corrected chi connectivity index (χ4v) is 3.84. The lowest BCUT2D eigenvalue weighted by Gasteiger charge is -2.29. The SMILES string of the molecule is CCC1(C(=O)NC2c3ccccc3CC2O)CCCC1. The zero-order valence-corrected chi connectivity index (χ0v) is 12.1. The standard InChI is InChI=1S/C17H23NO2/c1-2-17(9-5-6-10-17)16(20)18-15-13-8-4-3-7-12(13)11-14(15)19/h3-4,7-8,14-15,19H,2,5-6,9-11H2,1H3,(H,18,20). The van der Waals surface area contributed by atoms with Gasteiger partial charge in [0.2, 0.25) is 5.91 Å². The first-order valence-electron chi connectivity index (χ1n) is 7.73. The lowest BCUT2D eigenvalue weighted by Crippen LogP contribution is -2.43. The minimum Gasteiger partial charge on any atom is -0.390 e. The van der Waals surface area contributed by atoms with Crippen LogP contribution in [0.15, 0.2) is 24.3 Å². The number of aliphatic hydroxyl groups excluding tert-OH is 1. The summed E-state index contributed by atoms with van der Waals surface area (Å²) in [6, 6.07) is 7.78. The van der Waals surface area contributed by atoms with Gasteiger partial charge in [0.25, 0.3) is 0 Å². The highest BCUT2D eigenvalue weighted by molar-refractivity contribution is 5.83. The Morgan fingerprint density at radius 2 is 2.05 bits per heavy atom. The van der Waals surface area contributed by atoms with E-state index in [-0.39, 0.29) is 17.4 Å². The summed E-state index contributed by atoms with van der Waals surface area (Å²) in [5.41, 5.74) is 2.04. The molecule has 0 radical (unpaired) electrons. The van der Waals surface area contributed by atoms with Crippen molar-refractivity contribution in [2.24, 2.45) is 5.41 Å². The van der Waals surface area contributed by atoms with Crippen LogP contribution in [0.4, 0.5) is 0 Å². The predicted octanol–water partition coefficient (Wildman–Crippen LogP) is 2.73. The third kappa shape index (κ3) is 2.14. The molecular weight excluding hydrogens is 250 g/mol. The van der Waals surface area contributed by atoms with E-state index in [9.17, 15) is 9.90 Å². The number of carbonyl (C=O) groups excluding carboxylic acids is 1. The minimum atomic E-state index is -0.494. The number of hydrogen-bond donors (Lipinski definition) is 2. The Morgan fingerprint density at radius 3 is 2.75 bits per heavy atom. The van der Waals surface area contributed by atoms with E-state index in [0.717, 1.165) is 43.2 Å². The van der Waals surface area contributed by atoms with E-state index < -0.39 is 6.10 Å². The second-order valence-electron chi connectivity index (χ2n) is 6.26. The molecule has 2 N–H and O–H groups in total. The maximum atomic E-state index is 12.7. The summed E-state index contributed by atoms with van der Waals surface area (Å²) in [6.07, 6.45) is 5.30. The summed E-state index contributed by atoms with van der Waals surface area (Å²) >= 11 is 0. The maximum Gasteiger partial charge on any atom is 0.226 e. The highest BCUT2D eigenvalue weighted by Gasteiger charge is 2.42. The van der Waals surface area contributed by atoms with Crippen LogP contribution in [0, 0.1) is 5.41 Å². The lowest BCUT2D eigenvalue weighted by atomic mass is 9.82. The Kier molecular flexibility index (Phi) is 3.55. The van der Waals surface area contributed by atoms with Crippen molar-refractivity contribution in [2.75, 3.05) is 0 Å². The van der Waals surface area contributed by atoms with E-state index in [1.807, 2.05) is 24.3 Å². The molecule has 1 amide bonds. The van der Waals surface area contributed by atoms with E-state index in [1.54, 1.807) is 0 Å². The van der Waals surface area contributed by atoms with Crippen LogP contribution < -0.4 is 5.32 Å². The molecule has 0 heterocycles. The molecule has 0 bridgehead atoms. The summed E-state index contributed by atoms with van der Waals surface area (Å²) in [5, 5.41) is 13.4. The predicted molar refractivity (Wildman–Crippen MR) is 78.2 cm³/mol. The van der Waals surface area contributed by atoms with Gasteiger partial charge in [-0.25, -0.2) is 0 Å². The molecule has 3 heteroatoms. The van der Waals surface area contributed by atoms with Gasteiger partial charge in [-0.05, 0) is 30.4 Å². The van der Waals surface area contributed by atoms with Gasteiger partial charge >= 0.3 is 0 Å². The first kappa shape index (κ1) is 13.6. The zero-order valence-electron chi connectivity index (χ0n) is 12.1. The Morgan fingerprint density at radius 1 is 1.35 bits per heavy atom. The molecule has 2 unspecified atom stereocenters. The van der Waals surface area contributed by atoms with Crippen molar-refractivity contribution < 1.29 is 9.90 Å². The van der Waals surface area contributed by atoms with Gasteiger partial charge in [-0.2, -0.15) is 0 Å². The monoisotopic (exact) mass is 273 g/mol. The van der Waals surface area contributed by atoms with Crippen LogP contribution in [0.5, 0.6) is 0 Å². The smallest absolute Gasteiger partial charge is 0.226 e. The van der Waals surface area contributed by atoms with Crippen LogP contribution in [-0.4, -0.2) is 17.1 Å². The quantitative estimate of drug-likeness (QED) is 0.889. The molecule has 2 aliphatic carbocycles. The van der Waals surface area contributed by atoms with Gasteiger partial charge in [-0.3, -0.25) is 4.79 Å². The van der Waals surface area contributed by atoms with Crippen molar-refractivity contribution in [3.63, 3.8) is 0 Å². The molecule has 1 saturated carbocycles. The van der Waals surface area contributed by atoms with Crippen molar-refractivity contribution in [1.82, 2.24) is 5.32 Å². The number of amides is 1. The normalized spacial score (nSPS) is 27.3. The molecule has 0 spiro atoms. The topological polar surface area (TPSA) is 49.3 Å². The lowest BCUT2D eigenvalue weighted by molar-refractivity contribution is -0.132. The number of aliphatic hydroxyl groups is 1. The summed E-state index contributed by atoms with van der Waals surface area (Å²) in [4.78, 5) is 12.7. The van der Waals surface area contributed by atoms with Crippen molar-refractivity contribution in [3.05, 3.63) is 35.4 Å². The van der Waals surface area contributed by atoms with E-state index in [2.05, 4.69) is 12.2 Å². The summed E-state index contributed by atoms with van der Waals surface area (Å²) in [7, 11) is 0. The summed E-state index contributed by atoms with van der Waals surface area (Å²) in [5.74, 6) is 0.137. The van der Waals surface area contributed by atoms with E-state index >= 15 is 0 Å². The molecule has 1 aromatic carbocycles. The molecule has 2 aliphatic rings. The van der Waals surface area contributed by atoms with Gasteiger partial charge in [0.05, 0.1) is 12.1 Å². The second kappa shape index (κ2) is 5.21. The van der Waals surface area contributed by atoms with Crippen LogP contribution in [0.25, 0.3) is 0 Å². The van der Waals surface area contributed by atoms with Gasteiger partial charge in [-0.1, -0.05) is 44.0 Å². The molecular formula is C17H23NO2.